The lowest BCUT2D eigenvalue weighted by atomic mass is 10.1. The molecule has 0 spiro atoms. The van der Waals surface area contributed by atoms with Crippen molar-refractivity contribution in [2.45, 2.75) is 6.92 Å². The van der Waals surface area contributed by atoms with Crippen molar-refractivity contribution in [3.8, 4) is 0 Å². The molecule has 0 aliphatic rings. The van der Waals surface area contributed by atoms with E-state index in [4.69, 9.17) is 0 Å². The highest BCUT2D eigenvalue weighted by Crippen LogP contribution is 2.15. The minimum Gasteiger partial charge on any atom is -0.290 e. The number of hydrogen-bond donors (Lipinski definition) is 0. The predicted molar refractivity (Wildman–Crippen MR) is 87.2 cm³/mol. The molecule has 4 heteroatoms. The molecule has 0 saturated heterocycles. The number of carbonyl (C=O) groups excluding carboxylic acids is 1. The van der Waals surface area contributed by atoms with Crippen LogP contribution in [0.1, 0.15) is 18.1 Å². The highest BCUT2D eigenvalue weighted by molar-refractivity contribution is 6.08. The molecule has 110 valence electrons. The molecular weight excluding hydrogens is 278 g/mol. The summed E-state index contributed by atoms with van der Waals surface area (Å²) in [4.78, 5) is 22.3. The van der Waals surface area contributed by atoms with Gasteiger partial charge in [-0.15, -0.1) is 0 Å². The van der Waals surface area contributed by atoms with Gasteiger partial charge in [0, 0.05) is 12.1 Å². The zero-order valence-corrected chi connectivity index (χ0v) is 12.1. The number of carbonyl (C=O) groups is 1. The molecule has 0 heterocycles. The van der Waals surface area contributed by atoms with E-state index in [0.717, 1.165) is 5.56 Å². The van der Waals surface area contributed by atoms with E-state index in [1.807, 2.05) is 30.3 Å². The van der Waals surface area contributed by atoms with Crippen molar-refractivity contribution in [1.82, 2.24) is 0 Å². The Morgan fingerprint density at radius 1 is 1.05 bits per heavy atom. The summed E-state index contributed by atoms with van der Waals surface area (Å²) >= 11 is 0. The van der Waals surface area contributed by atoms with Gasteiger partial charge in [-0.25, -0.2) is 0 Å². The van der Waals surface area contributed by atoms with Gasteiger partial charge in [-0.1, -0.05) is 48.5 Å². The minimum atomic E-state index is -0.459. The van der Waals surface area contributed by atoms with Gasteiger partial charge in [-0.3, -0.25) is 14.9 Å². The number of ketones is 1. The Balaban J connectivity index is 2.13. The highest BCUT2D eigenvalue weighted by atomic mass is 16.6. The Labute approximate surface area is 128 Å². The standard InChI is InChI=1S/C18H15NO3/c1-14(12-15-6-3-2-4-7-15)18(20)11-10-16-8-5-9-17(13-16)19(21)22/h2-13H,1H3/b11-10-,14-12+. The van der Waals surface area contributed by atoms with E-state index in [2.05, 4.69) is 0 Å². The quantitative estimate of drug-likeness (QED) is 0.469. The second-order valence-electron chi connectivity index (χ2n) is 4.79. The third-order valence-corrected chi connectivity index (χ3v) is 3.08. The molecule has 2 aromatic rings. The van der Waals surface area contributed by atoms with E-state index >= 15 is 0 Å². The van der Waals surface area contributed by atoms with Crippen LogP contribution in [0.2, 0.25) is 0 Å². The van der Waals surface area contributed by atoms with Crippen LogP contribution in [0, 0.1) is 10.1 Å². The molecule has 2 rings (SSSR count). The Kier molecular flexibility index (Phi) is 4.98. The molecule has 0 aromatic heterocycles. The first kappa shape index (κ1) is 15.4. The van der Waals surface area contributed by atoms with Gasteiger partial charge < -0.3 is 0 Å². The summed E-state index contributed by atoms with van der Waals surface area (Å²) in [5, 5.41) is 10.7. The van der Waals surface area contributed by atoms with Gasteiger partial charge >= 0.3 is 0 Å². The second kappa shape index (κ2) is 7.13. The van der Waals surface area contributed by atoms with Crippen LogP contribution >= 0.6 is 0 Å². The molecular formula is C18H15NO3. The number of nitro groups is 1. The van der Waals surface area contributed by atoms with Crippen LogP contribution < -0.4 is 0 Å². The van der Waals surface area contributed by atoms with E-state index in [-0.39, 0.29) is 11.5 Å². The number of non-ortho nitro benzene ring substituents is 1. The number of nitro benzene ring substituents is 1. The van der Waals surface area contributed by atoms with Crippen molar-refractivity contribution >= 4 is 23.6 Å². The Bertz CT molecular complexity index is 746. The average Bonchev–Trinajstić information content (AvgIpc) is 2.53. The van der Waals surface area contributed by atoms with E-state index < -0.39 is 4.92 Å². The molecule has 0 radical (unpaired) electrons. The van der Waals surface area contributed by atoms with Gasteiger partial charge in [-0.2, -0.15) is 0 Å². The van der Waals surface area contributed by atoms with Gasteiger partial charge in [0.05, 0.1) is 4.92 Å². The van der Waals surface area contributed by atoms with Crippen molar-refractivity contribution in [2.75, 3.05) is 0 Å². The van der Waals surface area contributed by atoms with Crippen LogP contribution in [0.5, 0.6) is 0 Å². The monoisotopic (exact) mass is 293 g/mol. The summed E-state index contributed by atoms with van der Waals surface area (Å²) in [6, 6.07) is 15.7. The number of hydrogen-bond acceptors (Lipinski definition) is 3. The lowest BCUT2D eigenvalue weighted by Crippen LogP contribution is -1.94. The molecule has 0 N–H and O–H groups in total. The van der Waals surface area contributed by atoms with Gasteiger partial charge in [-0.05, 0) is 35.8 Å². The van der Waals surface area contributed by atoms with Gasteiger partial charge in [0.2, 0.25) is 0 Å². The number of allylic oxidation sites excluding steroid dienone is 2. The maximum absolute atomic E-state index is 12.1. The van der Waals surface area contributed by atoms with Crippen LogP contribution in [0.15, 0.2) is 66.2 Å². The summed E-state index contributed by atoms with van der Waals surface area (Å²) in [5.74, 6) is -0.129. The zero-order valence-electron chi connectivity index (χ0n) is 12.1. The molecule has 0 aliphatic carbocycles. The van der Waals surface area contributed by atoms with Gasteiger partial charge in [0.25, 0.3) is 5.69 Å². The first-order chi connectivity index (χ1) is 10.6. The predicted octanol–water partition coefficient (Wildman–Crippen LogP) is 4.28. The highest BCUT2D eigenvalue weighted by Gasteiger charge is 2.04. The molecule has 0 unspecified atom stereocenters. The molecule has 0 atom stereocenters. The molecule has 0 saturated carbocycles. The topological polar surface area (TPSA) is 60.2 Å². The molecule has 0 aliphatic heterocycles. The molecule has 0 bridgehead atoms. The third-order valence-electron chi connectivity index (χ3n) is 3.08. The maximum Gasteiger partial charge on any atom is 0.270 e. The Hall–Kier alpha value is -3.01. The number of benzene rings is 2. The molecule has 22 heavy (non-hydrogen) atoms. The van der Waals surface area contributed by atoms with E-state index in [1.54, 1.807) is 31.2 Å². The smallest absolute Gasteiger partial charge is 0.270 e. The van der Waals surface area contributed by atoms with Crippen LogP contribution in [0.3, 0.4) is 0 Å². The first-order valence-electron chi connectivity index (χ1n) is 6.76. The Morgan fingerprint density at radius 3 is 2.41 bits per heavy atom. The van der Waals surface area contributed by atoms with Crippen LogP contribution in [0.4, 0.5) is 5.69 Å². The number of nitrogens with zero attached hydrogens (tertiary/aromatic N) is 1. The van der Waals surface area contributed by atoms with Crippen LogP contribution in [0.25, 0.3) is 12.2 Å². The number of rotatable bonds is 5. The van der Waals surface area contributed by atoms with Crippen LogP contribution in [-0.2, 0) is 4.79 Å². The lowest BCUT2D eigenvalue weighted by molar-refractivity contribution is -0.384. The van der Waals surface area contributed by atoms with E-state index in [9.17, 15) is 14.9 Å². The molecule has 0 fully saturated rings. The van der Waals surface area contributed by atoms with Crippen molar-refractivity contribution in [3.63, 3.8) is 0 Å². The fraction of sp³-hybridized carbons (Fsp3) is 0.0556. The van der Waals surface area contributed by atoms with Gasteiger partial charge in [0.15, 0.2) is 5.78 Å². The maximum atomic E-state index is 12.1. The van der Waals surface area contributed by atoms with Crippen molar-refractivity contribution in [3.05, 3.63) is 87.5 Å². The Morgan fingerprint density at radius 2 is 1.73 bits per heavy atom. The third kappa shape index (κ3) is 4.24. The van der Waals surface area contributed by atoms with Crippen molar-refractivity contribution < 1.29 is 9.72 Å². The normalized spacial score (nSPS) is 11.6. The summed E-state index contributed by atoms with van der Waals surface area (Å²) in [6.45, 7) is 1.74. The van der Waals surface area contributed by atoms with E-state index in [1.165, 1.54) is 18.2 Å². The zero-order chi connectivity index (χ0) is 15.9. The summed E-state index contributed by atoms with van der Waals surface area (Å²) in [6.07, 6.45) is 4.81. The van der Waals surface area contributed by atoms with E-state index in [0.29, 0.717) is 11.1 Å². The molecule has 4 nitrogen and oxygen atoms in total. The SMILES string of the molecule is C/C(=C\c1ccccc1)C(=O)/C=C\c1cccc([N+](=O)[O-])c1. The summed E-state index contributed by atoms with van der Waals surface area (Å²) in [5.41, 5.74) is 2.19. The van der Waals surface area contributed by atoms with Crippen molar-refractivity contribution in [1.29, 1.82) is 0 Å². The van der Waals surface area contributed by atoms with Crippen molar-refractivity contribution in [2.24, 2.45) is 0 Å². The average molecular weight is 293 g/mol. The largest absolute Gasteiger partial charge is 0.290 e. The van der Waals surface area contributed by atoms with Gasteiger partial charge in [0.1, 0.15) is 0 Å². The second-order valence-corrected chi connectivity index (χ2v) is 4.79. The summed E-state index contributed by atoms with van der Waals surface area (Å²) < 4.78 is 0. The van der Waals surface area contributed by atoms with Crippen LogP contribution in [-0.4, -0.2) is 10.7 Å². The molecule has 0 amide bonds. The fourth-order valence-electron chi connectivity index (χ4n) is 1.92. The fourth-order valence-corrected chi connectivity index (χ4v) is 1.92. The molecule has 2 aromatic carbocycles. The first-order valence-corrected chi connectivity index (χ1v) is 6.76. The lowest BCUT2D eigenvalue weighted by Gasteiger charge is -1.97. The summed E-state index contributed by atoms with van der Waals surface area (Å²) in [7, 11) is 0. The minimum absolute atomic E-state index is 0.00569.